The van der Waals surface area contributed by atoms with E-state index in [-0.39, 0.29) is 0 Å². The Morgan fingerprint density at radius 2 is 1.88 bits per heavy atom. The summed E-state index contributed by atoms with van der Waals surface area (Å²) in [7, 11) is 0. The van der Waals surface area contributed by atoms with Gasteiger partial charge in [-0.2, -0.15) is 0 Å². The standard InChI is InChI=1S/C16H25N/c1-12-5-4-6-13(2)16(12)10-9-15-8-7-14(3)17-11-15/h4-6,14-15,17H,7-11H2,1-3H3. The molecule has 0 aromatic heterocycles. The van der Waals surface area contributed by atoms with Gasteiger partial charge in [-0.05, 0) is 75.6 Å². The van der Waals surface area contributed by atoms with Crippen LogP contribution in [0.1, 0.15) is 42.9 Å². The maximum absolute atomic E-state index is 3.60. The molecule has 1 heteroatoms. The minimum absolute atomic E-state index is 0.728. The highest BCUT2D eigenvalue weighted by molar-refractivity contribution is 5.33. The fraction of sp³-hybridized carbons (Fsp3) is 0.625. The van der Waals surface area contributed by atoms with Crippen LogP contribution in [0.4, 0.5) is 0 Å². The monoisotopic (exact) mass is 231 g/mol. The predicted octanol–water partition coefficient (Wildman–Crippen LogP) is 3.62. The molecule has 1 aliphatic heterocycles. The smallest absolute Gasteiger partial charge is 0.00389 e. The highest BCUT2D eigenvalue weighted by Crippen LogP contribution is 2.22. The summed E-state index contributed by atoms with van der Waals surface area (Å²) in [6.45, 7) is 7.99. The average molecular weight is 231 g/mol. The Hall–Kier alpha value is -0.820. The summed E-state index contributed by atoms with van der Waals surface area (Å²) in [6.07, 6.45) is 5.33. The zero-order valence-electron chi connectivity index (χ0n) is 11.4. The van der Waals surface area contributed by atoms with Crippen LogP contribution in [-0.4, -0.2) is 12.6 Å². The minimum Gasteiger partial charge on any atom is -0.314 e. The first-order valence-electron chi connectivity index (χ1n) is 6.95. The Balaban J connectivity index is 1.89. The lowest BCUT2D eigenvalue weighted by Gasteiger charge is -2.28. The molecule has 2 atom stereocenters. The molecule has 1 saturated heterocycles. The number of rotatable bonds is 3. The summed E-state index contributed by atoms with van der Waals surface area (Å²) in [6, 6.07) is 7.37. The number of piperidine rings is 1. The van der Waals surface area contributed by atoms with Gasteiger partial charge in [-0.25, -0.2) is 0 Å². The van der Waals surface area contributed by atoms with E-state index >= 15 is 0 Å². The van der Waals surface area contributed by atoms with Gasteiger partial charge in [0.05, 0.1) is 0 Å². The fourth-order valence-corrected chi connectivity index (χ4v) is 2.90. The maximum Gasteiger partial charge on any atom is 0.00389 e. The molecule has 1 N–H and O–H groups in total. The fourth-order valence-electron chi connectivity index (χ4n) is 2.90. The first-order valence-corrected chi connectivity index (χ1v) is 6.95. The molecule has 1 aromatic rings. The van der Waals surface area contributed by atoms with E-state index < -0.39 is 0 Å². The predicted molar refractivity (Wildman–Crippen MR) is 74.4 cm³/mol. The molecule has 94 valence electrons. The highest BCUT2D eigenvalue weighted by Gasteiger charge is 2.17. The molecule has 1 heterocycles. The second-order valence-electron chi connectivity index (χ2n) is 5.66. The van der Waals surface area contributed by atoms with Crippen LogP contribution < -0.4 is 5.32 Å². The van der Waals surface area contributed by atoms with Crippen molar-refractivity contribution in [3.63, 3.8) is 0 Å². The Labute approximate surface area is 106 Å². The van der Waals surface area contributed by atoms with Gasteiger partial charge in [-0.1, -0.05) is 18.2 Å². The Bertz CT molecular complexity index is 342. The third-order valence-corrected chi connectivity index (χ3v) is 4.21. The second-order valence-corrected chi connectivity index (χ2v) is 5.66. The van der Waals surface area contributed by atoms with Gasteiger partial charge < -0.3 is 5.32 Å². The van der Waals surface area contributed by atoms with Crippen molar-refractivity contribution >= 4 is 0 Å². The summed E-state index contributed by atoms with van der Waals surface area (Å²) in [5.41, 5.74) is 4.50. The molecule has 0 saturated carbocycles. The first kappa shape index (κ1) is 12.6. The largest absolute Gasteiger partial charge is 0.314 e. The summed E-state index contributed by atoms with van der Waals surface area (Å²) < 4.78 is 0. The summed E-state index contributed by atoms with van der Waals surface area (Å²) >= 11 is 0. The number of hydrogen-bond acceptors (Lipinski definition) is 1. The summed E-state index contributed by atoms with van der Waals surface area (Å²) in [5.74, 6) is 0.880. The van der Waals surface area contributed by atoms with Crippen LogP contribution in [0.2, 0.25) is 0 Å². The van der Waals surface area contributed by atoms with Gasteiger partial charge in [0.2, 0.25) is 0 Å². The van der Waals surface area contributed by atoms with E-state index in [9.17, 15) is 0 Å². The molecule has 17 heavy (non-hydrogen) atoms. The lowest BCUT2D eigenvalue weighted by atomic mass is 9.88. The van der Waals surface area contributed by atoms with Gasteiger partial charge in [-0.15, -0.1) is 0 Å². The average Bonchev–Trinajstić information content (AvgIpc) is 2.31. The van der Waals surface area contributed by atoms with Crippen molar-refractivity contribution in [3.8, 4) is 0 Å². The number of hydrogen-bond donors (Lipinski definition) is 1. The van der Waals surface area contributed by atoms with Gasteiger partial charge in [0.15, 0.2) is 0 Å². The number of aryl methyl sites for hydroxylation is 2. The maximum atomic E-state index is 3.60. The Kier molecular flexibility index (Phi) is 4.22. The minimum atomic E-state index is 0.728. The third-order valence-electron chi connectivity index (χ3n) is 4.21. The zero-order valence-corrected chi connectivity index (χ0v) is 11.4. The van der Waals surface area contributed by atoms with E-state index in [0.29, 0.717) is 0 Å². The molecule has 0 aliphatic carbocycles. The van der Waals surface area contributed by atoms with Gasteiger partial charge in [0, 0.05) is 6.04 Å². The van der Waals surface area contributed by atoms with Crippen LogP contribution in [0, 0.1) is 19.8 Å². The summed E-state index contributed by atoms with van der Waals surface area (Å²) in [5, 5.41) is 3.60. The van der Waals surface area contributed by atoms with Crippen molar-refractivity contribution in [3.05, 3.63) is 34.9 Å². The molecule has 0 amide bonds. The molecular formula is C16H25N. The SMILES string of the molecule is Cc1cccc(C)c1CCC1CCC(C)NC1. The zero-order chi connectivity index (χ0) is 12.3. The van der Waals surface area contributed by atoms with Crippen LogP contribution in [0.15, 0.2) is 18.2 Å². The molecular weight excluding hydrogens is 206 g/mol. The van der Waals surface area contributed by atoms with Gasteiger partial charge in [0.25, 0.3) is 0 Å². The molecule has 1 aliphatic rings. The van der Waals surface area contributed by atoms with Gasteiger partial charge >= 0.3 is 0 Å². The van der Waals surface area contributed by atoms with E-state index in [0.717, 1.165) is 12.0 Å². The molecule has 2 unspecified atom stereocenters. The van der Waals surface area contributed by atoms with E-state index in [2.05, 4.69) is 44.3 Å². The molecule has 1 fully saturated rings. The van der Waals surface area contributed by atoms with Crippen molar-refractivity contribution in [2.45, 2.75) is 52.5 Å². The van der Waals surface area contributed by atoms with E-state index in [1.54, 1.807) is 5.56 Å². The van der Waals surface area contributed by atoms with Crippen LogP contribution in [0.25, 0.3) is 0 Å². The van der Waals surface area contributed by atoms with Crippen LogP contribution >= 0.6 is 0 Å². The molecule has 0 radical (unpaired) electrons. The molecule has 1 aromatic carbocycles. The lowest BCUT2D eigenvalue weighted by Crippen LogP contribution is -2.36. The topological polar surface area (TPSA) is 12.0 Å². The van der Waals surface area contributed by atoms with Crippen molar-refractivity contribution in [1.29, 1.82) is 0 Å². The van der Waals surface area contributed by atoms with E-state index in [1.165, 1.54) is 43.4 Å². The molecule has 0 bridgehead atoms. The summed E-state index contributed by atoms with van der Waals surface area (Å²) in [4.78, 5) is 0. The van der Waals surface area contributed by atoms with Crippen LogP contribution in [0.5, 0.6) is 0 Å². The molecule has 1 nitrogen and oxygen atoms in total. The highest BCUT2D eigenvalue weighted by atomic mass is 14.9. The van der Waals surface area contributed by atoms with Crippen molar-refractivity contribution in [2.75, 3.05) is 6.54 Å². The second kappa shape index (κ2) is 5.68. The first-order chi connectivity index (χ1) is 8.16. The van der Waals surface area contributed by atoms with E-state index in [1.807, 2.05) is 0 Å². The van der Waals surface area contributed by atoms with Crippen molar-refractivity contribution < 1.29 is 0 Å². The number of nitrogens with one attached hydrogen (secondary N) is 1. The quantitative estimate of drug-likeness (QED) is 0.837. The van der Waals surface area contributed by atoms with Gasteiger partial charge in [-0.3, -0.25) is 0 Å². The lowest BCUT2D eigenvalue weighted by molar-refractivity contribution is 0.309. The third kappa shape index (κ3) is 3.32. The Morgan fingerprint density at radius 3 is 2.47 bits per heavy atom. The van der Waals surface area contributed by atoms with Crippen molar-refractivity contribution in [1.82, 2.24) is 5.32 Å². The number of benzene rings is 1. The van der Waals surface area contributed by atoms with Crippen LogP contribution in [0.3, 0.4) is 0 Å². The Morgan fingerprint density at radius 1 is 1.18 bits per heavy atom. The van der Waals surface area contributed by atoms with Crippen LogP contribution in [-0.2, 0) is 6.42 Å². The van der Waals surface area contributed by atoms with E-state index in [4.69, 9.17) is 0 Å². The normalized spacial score (nSPS) is 24.9. The molecule has 2 rings (SSSR count). The molecule has 0 spiro atoms. The van der Waals surface area contributed by atoms with Crippen molar-refractivity contribution in [2.24, 2.45) is 5.92 Å². The van der Waals surface area contributed by atoms with Gasteiger partial charge in [0.1, 0.15) is 0 Å².